The first-order chi connectivity index (χ1) is 7.81. The Balaban J connectivity index is 2.36. The van der Waals surface area contributed by atoms with E-state index < -0.39 is 0 Å². The van der Waals surface area contributed by atoms with Gasteiger partial charge in [0.1, 0.15) is 0 Å². The third-order valence-electron chi connectivity index (χ3n) is 2.20. The Hall–Kier alpha value is -1.58. The summed E-state index contributed by atoms with van der Waals surface area (Å²) < 4.78 is 0. The number of rotatable bonds is 3. The lowest BCUT2D eigenvalue weighted by molar-refractivity contribution is 0.343. The third kappa shape index (κ3) is 2.32. The van der Waals surface area contributed by atoms with Gasteiger partial charge in [-0.05, 0) is 12.1 Å². The average Bonchev–Trinajstić information content (AvgIpc) is 2.75. The van der Waals surface area contributed by atoms with Crippen molar-refractivity contribution in [2.24, 2.45) is 0 Å². The molecule has 82 valence electrons. The number of aliphatic hydroxyl groups is 1. The first kappa shape index (κ1) is 10.9. The van der Waals surface area contributed by atoms with Crippen LogP contribution in [-0.4, -0.2) is 21.9 Å². The van der Waals surface area contributed by atoms with E-state index in [0.717, 1.165) is 16.8 Å². The number of benzene rings is 1. The number of aliphatic hydroxyl groups excluding tert-OH is 1. The van der Waals surface area contributed by atoms with Gasteiger partial charge in [0.25, 0.3) is 0 Å². The molecule has 2 N–H and O–H groups in total. The first-order valence-electron chi connectivity index (χ1n) is 4.88. The summed E-state index contributed by atoms with van der Waals surface area (Å²) >= 11 is 5.82. The van der Waals surface area contributed by atoms with Crippen LogP contribution in [0, 0.1) is 0 Å². The van der Waals surface area contributed by atoms with Crippen LogP contribution in [0.1, 0.15) is 5.56 Å². The Morgan fingerprint density at radius 3 is 2.75 bits per heavy atom. The van der Waals surface area contributed by atoms with Gasteiger partial charge in [0.2, 0.25) is 0 Å². The van der Waals surface area contributed by atoms with Crippen molar-refractivity contribution in [3.05, 3.63) is 47.1 Å². The zero-order chi connectivity index (χ0) is 11.4. The summed E-state index contributed by atoms with van der Waals surface area (Å²) in [6.07, 6.45) is 5.22. The molecule has 0 amide bonds. The van der Waals surface area contributed by atoms with Crippen molar-refractivity contribution < 1.29 is 5.11 Å². The highest BCUT2D eigenvalue weighted by Gasteiger charge is 2.04. The van der Waals surface area contributed by atoms with Gasteiger partial charge in [-0.25, -0.2) is 0 Å². The number of nitrogens with one attached hydrogen (secondary N) is 1. The van der Waals surface area contributed by atoms with E-state index in [4.69, 9.17) is 16.7 Å². The molecule has 0 fully saturated rings. The fourth-order valence-corrected chi connectivity index (χ4v) is 1.58. The lowest BCUT2D eigenvalue weighted by Crippen LogP contribution is -1.81. The van der Waals surface area contributed by atoms with Crippen molar-refractivity contribution in [1.29, 1.82) is 0 Å². The minimum Gasteiger partial charge on any atom is -0.392 e. The van der Waals surface area contributed by atoms with E-state index in [1.54, 1.807) is 12.3 Å². The predicted molar refractivity (Wildman–Crippen MR) is 65.2 cm³/mol. The molecule has 0 atom stereocenters. The maximum atomic E-state index is 8.73. The van der Waals surface area contributed by atoms with E-state index in [1.807, 2.05) is 30.3 Å². The van der Waals surface area contributed by atoms with Crippen LogP contribution in [0.4, 0.5) is 0 Å². The number of hydrogen-bond donors (Lipinski definition) is 2. The largest absolute Gasteiger partial charge is 0.392 e. The zero-order valence-corrected chi connectivity index (χ0v) is 9.28. The molecule has 0 radical (unpaired) electrons. The average molecular weight is 235 g/mol. The highest BCUT2D eigenvalue weighted by atomic mass is 35.5. The monoisotopic (exact) mass is 234 g/mol. The number of aromatic amines is 1. The van der Waals surface area contributed by atoms with Gasteiger partial charge < -0.3 is 5.11 Å². The predicted octanol–water partition coefficient (Wildman–Crippen LogP) is 2.74. The summed E-state index contributed by atoms with van der Waals surface area (Å²) in [6, 6.07) is 7.51. The van der Waals surface area contributed by atoms with Crippen molar-refractivity contribution in [3.8, 4) is 11.3 Å². The molecule has 0 bridgehead atoms. The molecule has 0 aliphatic carbocycles. The van der Waals surface area contributed by atoms with Gasteiger partial charge in [-0.2, -0.15) is 5.10 Å². The Kier molecular flexibility index (Phi) is 3.39. The summed E-state index contributed by atoms with van der Waals surface area (Å²) in [6.45, 7) is 0.0191. The minimum absolute atomic E-state index is 0.0191. The lowest BCUT2D eigenvalue weighted by Gasteiger charge is -1.99. The van der Waals surface area contributed by atoms with Crippen LogP contribution in [-0.2, 0) is 0 Å². The second-order valence-electron chi connectivity index (χ2n) is 3.29. The number of nitrogens with zero attached hydrogens (tertiary/aromatic N) is 1. The maximum absolute atomic E-state index is 8.73. The molecule has 0 saturated carbocycles. The van der Waals surface area contributed by atoms with Gasteiger partial charge >= 0.3 is 0 Å². The van der Waals surface area contributed by atoms with Crippen LogP contribution in [0.25, 0.3) is 17.3 Å². The molecule has 4 heteroatoms. The molecule has 16 heavy (non-hydrogen) atoms. The van der Waals surface area contributed by atoms with Crippen molar-refractivity contribution in [2.75, 3.05) is 6.61 Å². The van der Waals surface area contributed by atoms with E-state index in [1.165, 1.54) is 0 Å². The number of H-pyrrole nitrogens is 1. The molecule has 0 unspecified atom stereocenters. The molecule has 0 aliphatic rings. The van der Waals surface area contributed by atoms with Crippen molar-refractivity contribution in [2.45, 2.75) is 0 Å². The first-order valence-corrected chi connectivity index (χ1v) is 5.26. The van der Waals surface area contributed by atoms with Crippen LogP contribution < -0.4 is 0 Å². The molecule has 0 saturated heterocycles. The summed E-state index contributed by atoms with van der Waals surface area (Å²) in [5, 5.41) is 16.3. The second kappa shape index (κ2) is 4.96. The Morgan fingerprint density at radius 2 is 2.06 bits per heavy atom. The van der Waals surface area contributed by atoms with Crippen LogP contribution in [0.15, 0.2) is 36.5 Å². The van der Waals surface area contributed by atoms with Crippen molar-refractivity contribution in [3.63, 3.8) is 0 Å². The fraction of sp³-hybridized carbons (Fsp3) is 0.0833. The summed E-state index contributed by atoms with van der Waals surface area (Å²) in [7, 11) is 0. The topological polar surface area (TPSA) is 48.9 Å². The van der Waals surface area contributed by atoms with E-state index >= 15 is 0 Å². The number of hydrogen-bond acceptors (Lipinski definition) is 2. The molecule has 0 aliphatic heterocycles. The normalized spacial score (nSPS) is 11.1. The molecule has 1 aromatic carbocycles. The van der Waals surface area contributed by atoms with Crippen LogP contribution in [0.5, 0.6) is 0 Å². The molecular formula is C12H11ClN2O. The second-order valence-corrected chi connectivity index (χ2v) is 3.73. The Bertz CT molecular complexity index is 488. The molecule has 1 heterocycles. The molecule has 2 rings (SSSR count). The van der Waals surface area contributed by atoms with E-state index in [-0.39, 0.29) is 6.61 Å². The highest BCUT2D eigenvalue weighted by molar-refractivity contribution is 6.30. The van der Waals surface area contributed by atoms with Crippen LogP contribution >= 0.6 is 11.6 Å². The quantitative estimate of drug-likeness (QED) is 0.858. The summed E-state index contributed by atoms with van der Waals surface area (Å²) in [4.78, 5) is 0. The van der Waals surface area contributed by atoms with E-state index in [0.29, 0.717) is 5.02 Å². The van der Waals surface area contributed by atoms with Crippen LogP contribution in [0.3, 0.4) is 0 Å². The van der Waals surface area contributed by atoms with Gasteiger partial charge in [-0.15, -0.1) is 0 Å². The van der Waals surface area contributed by atoms with Gasteiger partial charge in [0.05, 0.1) is 18.5 Å². The Morgan fingerprint density at radius 1 is 1.31 bits per heavy atom. The standard InChI is InChI=1S/C12H11ClN2O/c13-11-5-3-9(4-6-11)12-10(2-1-7-16)8-14-15-12/h1-6,8,16H,7H2,(H,14,15). The molecule has 3 nitrogen and oxygen atoms in total. The van der Waals surface area contributed by atoms with Crippen LogP contribution in [0.2, 0.25) is 5.02 Å². The molecule has 0 spiro atoms. The molecule has 1 aromatic heterocycles. The molecule has 2 aromatic rings. The summed E-state index contributed by atoms with van der Waals surface area (Å²) in [5.41, 5.74) is 2.87. The highest BCUT2D eigenvalue weighted by Crippen LogP contribution is 2.23. The van der Waals surface area contributed by atoms with E-state index in [9.17, 15) is 0 Å². The van der Waals surface area contributed by atoms with Crippen molar-refractivity contribution in [1.82, 2.24) is 10.2 Å². The van der Waals surface area contributed by atoms with E-state index in [2.05, 4.69) is 10.2 Å². The molecular weight excluding hydrogens is 224 g/mol. The SMILES string of the molecule is OCC=Cc1cn[nH]c1-c1ccc(Cl)cc1. The Labute approximate surface area is 98.4 Å². The smallest absolute Gasteiger partial charge is 0.0722 e. The maximum Gasteiger partial charge on any atom is 0.0722 e. The third-order valence-corrected chi connectivity index (χ3v) is 2.46. The van der Waals surface area contributed by atoms with Gasteiger partial charge in [-0.1, -0.05) is 35.9 Å². The fourth-order valence-electron chi connectivity index (χ4n) is 1.45. The number of aromatic nitrogens is 2. The van der Waals surface area contributed by atoms with Gasteiger partial charge in [0, 0.05) is 16.1 Å². The zero-order valence-electron chi connectivity index (χ0n) is 8.52. The lowest BCUT2D eigenvalue weighted by atomic mass is 10.1. The van der Waals surface area contributed by atoms with Gasteiger partial charge in [0.15, 0.2) is 0 Å². The van der Waals surface area contributed by atoms with Crippen molar-refractivity contribution >= 4 is 17.7 Å². The van der Waals surface area contributed by atoms with Gasteiger partial charge in [-0.3, -0.25) is 5.10 Å². The summed E-state index contributed by atoms with van der Waals surface area (Å²) in [5.74, 6) is 0. The minimum atomic E-state index is 0.0191. The number of halogens is 1.